The van der Waals surface area contributed by atoms with Crippen molar-refractivity contribution in [2.24, 2.45) is 0 Å². The number of methoxy groups -OCH3 is 1. The average Bonchev–Trinajstić information content (AvgIpc) is 2.42. The van der Waals surface area contributed by atoms with E-state index >= 15 is 0 Å². The van der Waals surface area contributed by atoms with Crippen LogP contribution in [0.15, 0.2) is 0 Å². The third-order valence-electron chi connectivity index (χ3n) is 3.27. The minimum atomic E-state index is 0.269. The van der Waals surface area contributed by atoms with Gasteiger partial charge in [0.15, 0.2) is 0 Å². The molecule has 0 atom stereocenters. The molecule has 4 heteroatoms. The average molecular weight is 336 g/mol. The summed E-state index contributed by atoms with van der Waals surface area (Å²) in [6.07, 6.45) is 9.45. The van der Waals surface area contributed by atoms with Crippen LogP contribution < -0.4 is 0 Å². The number of hydrogen-bond acceptors (Lipinski definition) is 2. The Morgan fingerprint density at radius 2 is 1.68 bits per heavy atom. The maximum Gasteiger partial charge on any atom is 0.222 e. The number of halogens is 1. The summed E-state index contributed by atoms with van der Waals surface area (Å²) in [7, 11) is 1.67. The number of unbranched alkanes of at least 4 members (excludes halogenated alkanes) is 6. The summed E-state index contributed by atoms with van der Waals surface area (Å²) >= 11 is 3.39. The Hall–Kier alpha value is -0.0900. The SMILES string of the molecule is CCCCCCCCCC(=O)N(CCBr)CCOC. The molecular formula is C15H30BrNO2. The minimum Gasteiger partial charge on any atom is -0.383 e. The summed E-state index contributed by atoms with van der Waals surface area (Å²) in [5.74, 6) is 0.269. The van der Waals surface area contributed by atoms with Gasteiger partial charge in [-0.3, -0.25) is 4.79 Å². The summed E-state index contributed by atoms with van der Waals surface area (Å²) in [4.78, 5) is 13.9. The molecule has 0 bridgehead atoms. The van der Waals surface area contributed by atoms with Gasteiger partial charge in [-0.15, -0.1) is 0 Å². The van der Waals surface area contributed by atoms with Crippen molar-refractivity contribution in [3.05, 3.63) is 0 Å². The molecule has 0 aromatic carbocycles. The van der Waals surface area contributed by atoms with Crippen molar-refractivity contribution in [2.45, 2.75) is 58.3 Å². The highest BCUT2D eigenvalue weighted by Gasteiger charge is 2.11. The van der Waals surface area contributed by atoms with Crippen molar-refractivity contribution in [3.63, 3.8) is 0 Å². The lowest BCUT2D eigenvalue weighted by molar-refractivity contribution is -0.131. The van der Waals surface area contributed by atoms with Crippen LogP contribution in [-0.2, 0) is 9.53 Å². The van der Waals surface area contributed by atoms with E-state index in [1.807, 2.05) is 4.90 Å². The van der Waals surface area contributed by atoms with Gasteiger partial charge in [0.1, 0.15) is 0 Å². The topological polar surface area (TPSA) is 29.5 Å². The Bertz CT molecular complexity index is 212. The Balaban J connectivity index is 3.62. The lowest BCUT2D eigenvalue weighted by Crippen LogP contribution is -2.35. The van der Waals surface area contributed by atoms with Gasteiger partial charge >= 0.3 is 0 Å². The van der Waals surface area contributed by atoms with Crippen molar-refractivity contribution in [3.8, 4) is 0 Å². The van der Waals surface area contributed by atoms with Gasteiger partial charge in [0.2, 0.25) is 5.91 Å². The van der Waals surface area contributed by atoms with E-state index in [1.165, 1.54) is 38.5 Å². The Morgan fingerprint density at radius 3 is 2.26 bits per heavy atom. The number of carbonyl (C=O) groups is 1. The second-order valence-electron chi connectivity index (χ2n) is 4.93. The van der Waals surface area contributed by atoms with E-state index in [9.17, 15) is 4.79 Å². The molecular weight excluding hydrogens is 306 g/mol. The number of hydrogen-bond donors (Lipinski definition) is 0. The first kappa shape index (κ1) is 18.9. The number of ether oxygens (including phenoxy) is 1. The fourth-order valence-corrected chi connectivity index (χ4v) is 2.48. The van der Waals surface area contributed by atoms with Gasteiger partial charge in [0.25, 0.3) is 0 Å². The first-order chi connectivity index (χ1) is 9.26. The van der Waals surface area contributed by atoms with Gasteiger partial charge in [-0.05, 0) is 6.42 Å². The van der Waals surface area contributed by atoms with Crippen LogP contribution in [0.25, 0.3) is 0 Å². The van der Waals surface area contributed by atoms with Crippen LogP contribution in [0, 0.1) is 0 Å². The normalized spacial score (nSPS) is 10.7. The number of carbonyl (C=O) groups excluding carboxylic acids is 1. The van der Waals surface area contributed by atoms with Crippen LogP contribution in [0.3, 0.4) is 0 Å². The molecule has 0 heterocycles. The van der Waals surface area contributed by atoms with Crippen molar-refractivity contribution in [1.29, 1.82) is 0 Å². The lowest BCUT2D eigenvalue weighted by Gasteiger charge is -2.21. The zero-order valence-electron chi connectivity index (χ0n) is 12.6. The molecule has 0 saturated heterocycles. The van der Waals surface area contributed by atoms with E-state index in [1.54, 1.807) is 7.11 Å². The van der Waals surface area contributed by atoms with Gasteiger partial charge < -0.3 is 9.64 Å². The van der Waals surface area contributed by atoms with Crippen molar-refractivity contribution in [1.82, 2.24) is 4.90 Å². The van der Waals surface area contributed by atoms with Gasteiger partial charge in [0.05, 0.1) is 6.61 Å². The minimum absolute atomic E-state index is 0.269. The number of nitrogens with zero attached hydrogens (tertiary/aromatic N) is 1. The molecule has 0 saturated carbocycles. The molecule has 0 N–H and O–H groups in total. The second kappa shape index (κ2) is 14.3. The molecule has 0 fully saturated rings. The van der Waals surface area contributed by atoms with E-state index < -0.39 is 0 Å². The van der Waals surface area contributed by atoms with Crippen LogP contribution in [-0.4, -0.2) is 42.9 Å². The summed E-state index contributed by atoms with van der Waals surface area (Å²) in [6.45, 7) is 4.34. The summed E-state index contributed by atoms with van der Waals surface area (Å²) in [5.41, 5.74) is 0. The van der Waals surface area contributed by atoms with Crippen molar-refractivity contribution >= 4 is 21.8 Å². The molecule has 3 nitrogen and oxygen atoms in total. The monoisotopic (exact) mass is 335 g/mol. The maximum atomic E-state index is 12.0. The summed E-state index contributed by atoms with van der Waals surface area (Å²) < 4.78 is 5.04. The number of rotatable bonds is 13. The van der Waals surface area contributed by atoms with Gasteiger partial charge in [-0.1, -0.05) is 61.4 Å². The quantitative estimate of drug-likeness (QED) is 0.376. The molecule has 0 aromatic heterocycles. The predicted molar refractivity (Wildman–Crippen MR) is 84.9 cm³/mol. The number of amides is 1. The van der Waals surface area contributed by atoms with Gasteiger partial charge in [-0.25, -0.2) is 0 Å². The third kappa shape index (κ3) is 11.4. The molecule has 0 aliphatic heterocycles. The smallest absolute Gasteiger partial charge is 0.222 e. The Labute approximate surface area is 127 Å². The zero-order valence-corrected chi connectivity index (χ0v) is 14.2. The molecule has 1 amide bonds. The Kier molecular flexibility index (Phi) is 14.3. The number of alkyl halides is 1. The van der Waals surface area contributed by atoms with Crippen LogP contribution in [0.4, 0.5) is 0 Å². The maximum absolute atomic E-state index is 12.0. The van der Waals surface area contributed by atoms with E-state index in [0.717, 1.165) is 18.3 Å². The van der Waals surface area contributed by atoms with Crippen LogP contribution in [0.2, 0.25) is 0 Å². The fraction of sp³-hybridized carbons (Fsp3) is 0.933. The van der Waals surface area contributed by atoms with Gasteiger partial charge in [0, 0.05) is 32.0 Å². The highest BCUT2D eigenvalue weighted by atomic mass is 79.9. The molecule has 0 aromatic rings. The fourth-order valence-electron chi connectivity index (χ4n) is 2.06. The van der Waals surface area contributed by atoms with E-state index in [4.69, 9.17) is 4.74 Å². The van der Waals surface area contributed by atoms with Crippen LogP contribution >= 0.6 is 15.9 Å². The molecule has 0 radical (unpaired) electrons. The lowest BCUT2D eigenvalue weighted by atomic mass is 10.1. The van der Waals surface area contributed by atoms with Crippen LogP contribution in [0.5, 0.6) is 0 Å². The molecule has 114 valence electrons. The summed E-state index contributed by atoms with van der Waals surface area (Å²) in [6, 6.07) is 0. The van der Waals surface area contributed by atoms with E-state index in [0.29, 0.717) is 19.6 Å². The van der Waals surface area contributed by atoms with E-state index in [-0.39, 0.29) is 5.91 Å². The second-order valence-corrected chi connectivity index (χ2v) is 5.73. The molecule has 0 aliphatic carbocycles. The Morgan fingerprint density at radius 1 is 1.05 bits per heavy atom. The molecule has 0 unspecified atom stereocenters. The highest BCUT2D eigenvalue weighted by molar-refractivity contribution is 9.09. The largest absolute Gasteiger partial charge is 0.383 e. The third-order valence-corrected chi connectivity index (χ3v) is 3.62. The zero-order chi connectivity index (χ0) is 14.3. The molecule has 0 rings (SSSR count). The van der Waals surface area contributed by atoms with Crippen molar-refractivity contribution in [2.75, 3.05) is 32.1 Å². The highest BCUT2D eigenvalue weighted by Crippen LogP contribution is 2.09. The first-order valence-corrected chi connectivity index (χ1v) is 8.71. The summed E-state index contributed by atoms with van der Waals surface area (Å²) in [5, 5.41) is 0.833. The first-order valence-electron chi connectivity index (χ1n) is 7.59. The van der Waals surface area contributed by atoms with Gasteiger partial charge in [-0.2, -0.15) is 0 Å². The van der Waals surface area contributed by atoms with Crippen molar-refractivity contribution < 1.29 is 9.53 Å². The predicted octanol–water partition coefficient (Wildman–Crippen LogP) is 4.00. The molecule has 19 heavy (non-hydrogen) atoms. The van der Waals surface area contributed by atoms with E-state index in [2.05, 4.69) is 22.9 Å². The molecule has 0 spiro atoms. The van der Waals surface area contributed by atoms with Crippen LogP contribution in [0.1, 0.15) is 58.3 Å². The molecule has 0 aliphatic rings. The standard InChI is InChI=1S/C15H30BrNO2/c1-3-4-5-6-7-8-9-10-15(18)17(12-11-16)13-14-19-2/h3-14H2,1-2H3.